The second-order valence-electron chi connectivity index (χ2n) is 5.52. The van der Waals surface area contributed by atoms with E-state index in [1.54, 1.807) is 0 Å². The summed E-state index contributed by atoms with van der Waals surface area (Å²) in [6.07, 6.45) is -0.298. The van der Waals surface area contributed by atoms with Crippen LogP contribution in [0.25, 0.3) is 0 Å². The third kappa shape index (κ3) is 4.72. The number of nitrogens with zero attached hydrogens (tertiary/aromatic N) is 1. The minimum atomic E-state index is -1.29. The van der Waals surface area contributed by atoms with Crippen LogP contribution in [-0.4, -0.2) is 56.7 Å². The molecular formula is C14H20N4O6S. The van der Waals surface area contributed by atoms with Gasteiger partial charge in [-0.05, 0) is 24.5 Å². The summed E-state index contributed by atoms with van der Waals surface area (Å²) < 4.78 is 0. The number of carboxylic acids is 1. The topological polar surface area (TPSA) is 157 Å². The lowest BCUT2D eigenvalue weighted by molar-refractivity contribution is -0.385. The number of aliphatic carboxylic acids is 1. The molecule has 0 saturated heterocycles. The number of aliphatic hydroxyl groups is 2. The van der Waals surface area contributed by atoms with Gasteiger partial charge >= 0.3 is 5.97 Å². The van der Waals surface area contributed by atoms with Crippen molar-refractivity contribution in [2.45, 2.75) is 31.5 Å². The Morgan fingerprint density at radius 3 is 2.48 bits per heavy atom. The Hall–Kier alpha value is -2.08. The largest absolute Gasteiger partial charge is 0.480 e. The van der Waals surface area contributed by atoms with Crippen molar-refractivity contribution >= 4 is 34.8 Å². The van der Waals surface area contributed by atoms with Crippen LogP contribution in [0.4, 0.5) is 17.1 Å². The van der Waals surface area contributed by atoms with Crippen LogP contribution in [0.3, 0.4) is 0 Å². The number of carboxylic acid groups (broad SMARTS) is 1. The van der Waals surface area contributed by atoms with Gasteiger partial charge in [0.25, 0.3) is 5.69 Å². The van der Waals surface area contributed by atoms with E-state index >= 15 is 0 Å². The summed E-state index contributed by atoms with van der Waals surface area (Å²) in [5.74, 6) is -0.376. The molecule has 11 heteroatoms. The Morgan fingerprint density at radius 2 is 1.96 bits per heavy atom. The number of hydrogen-bond acceptors (Lipinski definition) is 9. The molecule has 0 bridgehead atoms. The van der Waals surface area contributed by atoms with E-state index in [0.29, 0.717) is 17.9 Å². The summed E-state index contributed by atoms with van der Waals surface area (Å²) in [7, 11) is 0. The Kier molecular flexibility index (Phi) is 6.42. The molecule has 0 aliphatic carbocycles. The van der Waals surface area contributed by atoms with E-state index in [2.05, 4.69) is 16.0 Å². The lowest BCUT2D eigenvalue weighted by Crippen LogP contribution is -2.42. The molecule has 1 heterocycles. The fourth-order valence-corrected chi connectivity index (χ4v) is 2.91. The van der Waals surface area contributed by atoms with Crippen molar-refractivity contribution in [1.29, 1.82) is 0 Å². The highest BCUT2D eigenvalue weighted by molar-refractivity contribution is 7.98. The molecule has 0 saturated carbocycles. The Bertz CT molecular complexity index is 658. The standard InChI is InChI=1S/C14H20N4O6S/c1-25-3-2-8(14(21)22)15-6-7-4-9-10(5-11(7)18(23)24)17-13(20)12(19)16-9/h4-5,8,12-13,15-17,19-20H,2-3,6H2,1H3,(H,21,22)/t8-,12?,13?/m0/s1. The molecule has 0 fully saturated rings. The minimum absolute atomic E-state index is 0.0186. The first kappa shape index (κ1) is 19.2. The van der Waals surface area contributed by atoms with Crippen LogP contribution in [0, 0.1) is 10.1 Å². The van der Waals surface area contributed by atoms with Crippen LogP contribution in [0.5, 0.6) is 0 Å². The van der Waals surface area contributed by atoms with Gasteiger partial charge in [-0.3, -0.25) is 14.9 Å². The van der Waals surface area contributed by atoms with Gasteiger partial charge in [-0.2, -0.15) is 11.8 Å². The first-order chi connectivity index (χ1) is 11.8. The molecule has 3 atom stereocenters. The smallest absolute Gasteiger partial charge is 0.320 e. The highest BCUT2D eigenvalue weighted by Gasteiger charge is 2.28. The molecule has 138 valence electrons. The number of benzene rings is 1. The lowest BCUT2D eigenvalue weighted by atomic mass is 10.1. The van der Waals surface area contributed by atoms with E-state index in [-0.39, 0.29) is 23.5 Å². The van der Waals surface area contributed by atoms with Crippen molar-refractivity contribution in [3.05, 3.63) is 27.8 Å². The number of fused-ring (bicyclic) bond motifs is 1. The number of rotatable bonds is 8. The lowest BCUT2D eigenvalue weighted by Gasteiger charge is -2.29. The van der Waals surface area contributed by atoms with Gasteiger partial charge in [0.2, 0.25) is 0 Å². The van der Waals surface area contributed by atoms with Gasteiger partial charge < -0.3 is 31.3 Å². The highest BCUT2D eigenvalue weighted by atomic mass is 32.2. The SMILES string of the molecule is CSCC[C@H](NCc1cc2c(cc1[N+](=O)[O-])NC(O)C(O)N2)C(=O)O. The monoisotopic (exact) mass is 372 g/mol. The number of carbonyl (C=O) groups is 1. The molecule has 6 N–H and O–H groups in total. The Labute approximate surface area is 147 Å². The second kappa shape index (κ2) is 8.34. The summed E-state index contributed by atoms with van der Waals surface area (Å²) >= 11 is 1.51. The molecule has 1 aromatic carbocycles. The van der Waals surface area contributed by atoms with Crippen molar-refractivity contribution in [2.24, 2.45) is 0 Å². The molecule has 0 aromatic heterocycles. The van der Waals surface area contributed by atoms with E-state index in [4.69, 9.17) is 0 Å². The van der Waals surface area contributed by atoms with E-state index in [9.17, 15) is 30.2 Å². The number of thioether (sulfide) groups is 1. The van der Waals surface area contributed by atoms with Crippen LogP contribution in [-0.2, 0) is 11.3 Å². The quantitative estimate of drug-likeness (QED) is 0.278. The molecular weight excluding hydrogens is 352 g/mol. The second-order valence-corrected chi connectivity index (χ2v) is 6.50. The molecule has 0 radical (unpaired) electrons. The Balaban J connectivity index is 2.23. The number of nitro groups is 1. The molecule has 0 spiro atoms. The first-order valence-corrected chi connectivity index (χ1v) is 8.88. The van der Waals surface area contributed by atoms with E-state index < -0.39 is 29.4 Å². The third-order valence-electron chi connectivity index (χ3n) is 3.77. The molecule has 25 heavy (non-hydrogen) atoms. The maximum absolute atomic E-state index is 11.3. The zero-order chi connectivity index (χ0) is 18.6. The summed E-state index contributed by atoms with van der Waals surface area (Å²) in [6.45, 7) is -0.0186. The molecule has 10 nitrogen and oxygen atoms in total. The maximum Gasteiger partial charge on any atom is 0.320 e. The predicted octanol–water partition coefficient (Wildman–Crippen LogP) is 0.365. The van der Waals surface area contributed by atoms with Crippen molar-refractivity contribution in [2.75, 3.05) is 22.6 Å². The normalized spacial score (nSPS) is 20.1. The number of hydrogen-bond donors (Lipinski definition) is 6. The van der Waals surface area contributed by atoms with Crippen molar-refractivity contribution < 1.29 is 25.0 Å². The van der Waals surface area contributed by atoms with Gasteiger partial charge in [-0.25, -0.2) is 0 Å². The van der Waals surface area contributed by atoms with Gasteiger partial charge in [0.1, 0.15) is 6.04 Å². The van der Waals surface area contributed by atoms with Gasteiger partial charge in [-0.15, -0.1) is 0 Å². The molecule has 1 aliphatic rings. The Morgan fingerprint density at radius 1 is 1.36 bits per heavy atom. The van der Waals surface area contributed by atoms with Crippen molar-refractivity contribution in [3.63, 3.8) is 0 Å². The summed E-state index contributed by atoms with van der Waals surface area (Å²) in [5.41, 5.74) is 0.733. The summed E-state index contributed by atoms with van der Waals surface area (Å²) in [6, 6.07) is 1.88. The molecule has 1 aliphatic heterocycles. The van der Waals surface area contributed by atoms with E-state index in [0.717, 1.165) is 0 Å². The fourth-order valence-electron chi connectivity index (χ4n) is 2.44. The third-order valence-corrected chi connectivity index (χ3v) is 4.41. The van der Waals surface area contributed by atoms with Gasteiger partial charge in [0.15, 0.2) is 12.5 Å². The van der Waals surface area contributed by atoms with E-state index in [1.165, 1.54) is 23.9 Å². The number of anilines is 2. The van der Waals surface area contributed by atoms with Crippen LogP contribution in [0.2, 0.25) is 0 Å². The zero-order valence-corrected chi connectivity index (χ0v) is 14.2. The fraction of sp³-hybridized carbons (Fsp3) is 0.500. The predicted molar refractivity (Wildman–Crippen MR) is 93.6 cm³/mol. The van der Waals surface area contributed by atoms with E-state index in [1.807, 2.05) is 6.26 Å². The molecule has 2 rings (SSSR count). The van der Waals surface area contributed by atoms with Crippen LogP contribution in [0.1, 0.15) is 12.0 Å². The van der Waals surface area contributed by atoms with Gasteiger partial charge in [0.05, 0.1) is 16.3 Å². The summed E-state index contributed by atoms with van der Waals surface area (Å²) in [5, 5.41) is 47.7. The molecule has 2 unspecified atom stereocenters. The average Bonchev–Trinajstić information content (AvgIpc) is 2.55. The zero-order valence-electron chi connectivity index (χ0n) is 13.4. The minimum Gasteiger partial charge on any atom is -0.480 e. The number of aliphatic hydroxyl groups excluding tert-OH is 2. The molecule has 0 amide bonds. The maximum atomic E-state index is 11.3. The average molecular weight is 372 g/mol. The van der Waals surface area contributed by atoms with Crippen LogP contribution < -0.4 is 16.0 Å². The van der Waals surface area contributed by atoms with Gasteiger partial charge in [-0.1, -0.05) is 0 Å². The molecule has 1 aromatic rings. The first-order valence-electron chi connectivity index (χ1n) is 7.49. The van der Waals surface area contributed by atoms with Crippen LogP contribution >= 0.6 is 11.8 Å². The number of nitrogens with one attached hydrogen (secondary N) is 3. The summed E-state index contributed by atoms with van der Waals surface area (Å²) in [4.78, 5) is 22.0. The highest BCUT2D eigenvalue weighted by Crippen LogP contribution is 2.34. The van der Waals surface area contributed by atoms with Crippen molar-refractivity contribution in [3.8, 4) is 0 Å². The number of nitro benzene ring substituents is 1. The van der Waals surface area contributed by atoms with Crippen LogP contribution in [0.15, 0.2) is 12.1 Å². The van der Waals surface area contributed by atoms with Crippen molar-refractivity contribution in [1.82, 2.24) is 5.32 Å². The van der Waals surface area contributed by atoms with Gasteiger partial charge in [0, 0.05) is 18.2 Å².